The van der Waals surface area contributed by atoms with Crippen LogP contribution in [-0.4, -0.2) is 50.7 Å². The van der Waals surface area contributed by atoms with Crippen molar-refractivity contribution in [2.24, 2.45) is 0 Å². The van der Waals surface area contributed by atoms with E-state index in [0.29, 0.717) is 38.2 Å². The van der Waals surface area contributed by atoms with Gasteiger partial charge in [-0.1, -0.05) is 17.7 Å². The lowest BCUT2D eigenvalue weighted by Crippen LogP contribution is -2.57. The summed E-state index contributed by atoms with van der Waals surface area (Å²) in [5, 5.41) is 5.93. The lowest BCUT2D eigenvalue weighted by Gasteiger charge is -2.34. The van der Waals surface area contributed by atoms with Gasteiger partial charge in [0.15, 0.2) is 14.6 Å². The summed E-state index contributed by atoms with van der Waals surface area (Å²) >= 11 is 1.65. The second-order valence-corrected chi connectivity index (χ2v) is 9.43. The monoisotopic (exact) mass is 356 g/mol. The molecule has 0 bridgehead atoms. The van der Waals surface area contributed by atoms with Crippen LogP contribution in [0.5, 0.6) is 0 Å². The van der Waals surface area contributed by atoms with Gasteiger partial charge in [-0.15, -0.1) is 11.8 Å². The molecular formula is C16H24N2O3S2. The van der Waals surface area contributed by atoms with Crippen LogP contribution in [0.15, 0.2) is 29.2 Å². The second-order valence-electron chi connectivity index (χ2n) is 5.93. The molecule has 2 rings (SSSR count). The van der Waals surface area contributed by atoms with E-state index < -0.39 is 14.6 Å². The zero-order valence-corrected chi connectivity index (χ0v) is 15.2. The molecule has 1 aliphatic heterocycles. The summed E-state index contributed by atoms with van der Waals surface area (Å²) in [6.07, 6.45) is 1.84. The number of hydrogen-bond acceptors (Lipinski definition) is 5. The molecule has 0 spiro atoms. The van der Waals surface area contributed by atoms with Gasteiger partial charge in [-0.25, -0.2) is 8.42 Å². The van der Waals surface area contributed by atoms with Gasteiger partial charge in [-0.2, -0.15) is 0 Å². The van der Waals surface area contributed by atoms with Crippen molar-refractivity contribution in [3.05, 3.63) is 29.8 Å². The van der Waals surface area contributed by atoms with E-state index in [4.69, 9.17) is 0 Å². The Kier molecular flexibility index (Phi) is 6.11. The number of aryl methyl sites for hydroxylation is 1. The Morgan fingerprint density at radius 1 is 1.26 bits per heavy atom. The standard InChI is InChI=1S/C16H24N2O3S2/c1-13-3-5-14(6-4-13)22-12-11-18-15(19)16(23(2,20)21)7-9-17-10-8-16/h3-6,17H,7-12H2,1-2H3,(H,18,19). The highest BCUT2D eigenvalue weighted by Crippen LogP contribution is 2.28. The maximum atomic E-state index is 12.5. The summed E-state index contributed by atoms with van der Waals surface area (Å²) < 4.78 is 23.0. The molecule has 0 unspecified atom stereocenters. The van der Waals surface area contributed by atoms with Gasteiger partial charge in [0.25, 0.3) is 0 Å². The third-order valence-electron chi connectivity index (χ3n) is 4.21. The molecule has 1 aliphatic rings. The molecule has 1 amide bonds. The Morgan fingerprint density at radius 3 is 2.43 bits per heavy atom. The number of carbonyl (C=O) groups excluding carboxylic acids is 1. The summed E-state index contributed by atoms with van der Waals surface area (Å²) in [4.78, 5) is 13.6. The van der Waals surface area contributed by atoms with Crippen LogP contribution in [-0.2, 0) is 14.6 Å². The molecule has 0 aliphatic carbocycles. The first kappa shape index (κ1) is 18.3. The van der Waals surface area contributed by atoms with Crippen molar-refractivity contribution >= 4 is 27.5 Å². The van der Waals surface area contributed by atoms with E-state index in [0.717, 1.165) is 4.90 Å². The van der Waals surface area contributed by atoms with Crippen molar-refractivity contribution < 1.29 is 13.2 Å². The van der Waals surface area contributed by atoms with Crippen molar-refractivity contribution in [3.8, 4) is 0 Å². The molecule has 23 heavy (non-hydrogen) atoms. The van der Waals surface area contributed by atoms with Crippen LogP contribution in [0.25, 0.3) is 0 Å². The first-order chi connectivity index (χ1) is 10.8. The molecule has 5 nitrogen and oxygen atoms in total. The average molecular weight is 357 g/mol. The highest BCUT2D eigenvalue weighted by Gasteiger charge is 2.48. The quantitative estimate of drug-likeness (QED) is 0.595. The van der Waals surface area contributed by atoms with Gasteiger partial charge in [0.2, 0.25) is 5.91 Å². The minimum Gasteiger partial charge on any atom is -0.354 e. The molecule has 1 saturated heterocycles. The molecule has 1 aromatic carbocycles. The Balaban J connectivity index is 1.88. The number of nitrogens with one attached hydrogen (secondary N) is 2. The molecule has 2 N–H and O–H groups in total. The molecule has 0 saturated carbocycles. The third-order valence-corrected chi connectivity index (χ3v) is 7.24. The number of amides is 1. The van der Waals surface area contributed by atoms with E-state index in [1.165, 1.54) is 11.8 Å². The SMILES string of the molecule is Cc1ccc(SCCNC(=O)C2(S(C)(=O)=O)CCNCC2)cc1. The van der Waals surface area contributed by atoms with E-state index in [1.807, 2.05) is 19.1 Å². The number of carbonyl (C=O) groups is 1. The van der Waals surface area contributed by atoms with Crippen LogP contribution in [0, 0.1) is 6.92 Å². The Bertz CT molecular complexity index is 636. The number of rotatable bonds is 6. The van der Waals surface area contributed by atoms with Gasteiger partial charge in [-0.05, 0) is 45.0 Å². The number of piperidine rings is 1. The lowest BCUT2D eigenvalue weighted by molar-refractivity contribution is -0.124. The highest BCUT2D eigenvalue weighted by molar-refractivity contribution is 7.99. The maximum Gasteiger partial charge on any atom is 0.241 e. The molecular weight excluding hydrogens is 332 g/mol. The third kappa shape index (κ3) is 4.49. The molecule has 128 valence electrons. The topological polar surface area (TPSA) is 75.3 Å². The number of thioether (sulfide) groups is 1. The summed E-state index contributed by atoms with van der Waals surface area (Å²) in [6, 6.07) is 8.20. The Morgan fingerprint density at radius 2 is 1.87 bits per heavy atom. The van der Waals surface area contributed by atoms with Gasteiger partial charge in [0, 0.05) is 23.4 Å². The Hall–Kier alpha value is -1.05. The first-order valence-corrected chi connectivity index (χ1v) is 10.6. The molecule has 0 radical (unpaired) electrons. The summed E-state index contributed by atoms with van der Waals surface area (Å²) in [5.41, 5.74) is 1.21. The number of sulfone groups is 1. The number of hydrogen-bond donors (Lipinski definition) is 2. The zero-order valence-electron chi connectivity index (χ0n) is 13.6. The molecule has 1 fully saturated rings. The molecule has 1 heterocycles. The highest BCUT2D eigenvalue weighted by atomic mass is 32.2. The molecule has 0 atom stereocenters. The van der Waals surface area contributed by atoms with Crippen molar-refractivity contribution in [1.82, 2.24) is 10.6 Å². The largest absolute Gasteiger partial charge is 0.354 e. The van der Waals surface area contributed by atoms with E-state index in [1.54, 1.807) is 11.8 Å². The van der Waals surface area contributed by atoms with Crippen LogP contribution < -0.4 is 10.6 Å². The van der Waals surface area contributed by atoms with Gasteiger partial charge in [0.05, 0.1) is 0 Å². The van der Waals surface area contributed by atoms with Crippen molar-refractivity contribution in [2.45, 2.75) is 29.4 Å². The maximum absolute atomic E-state index is 12.5. The van der Waals surface area contributed by atoms with Crippen LogP contribution in [0.1, 0.15) is 18.4 Å². The van der Waals surface area contributed by atoms with Crippen molar-refractivity contribution in [2.75, 3.05) is 31.6 Å². The summed E-state index contributed by atoms with van der Waals surface area (Å²) in [7, 11) is -3.44. The van der Waals surface area contributed by atoms with Gasteiger partial charge in [-0.3, -0.25) is 4.79 Å². The average Bonchev–Trinajstić information content (AvgIpc) is 2.52. The predicted octanol–water partition coefficient (Wildman–Crippen LogP) is 1.37. The van der Waals surface area contributed by atoms with Crippen LogP contribution in [0.4, 0.5) is 0 Å². The van der Waals surface area contributed by atoms with Gasteiger partial charge < -0.3 is 10.6 Å². The van der Waals surface area contributed by atoms with Crippen LogP contribution >= 0.6 is 11.8 Å². The van der Waals surface area contributed by atoms with E-state index in [9.17, 15) is 13.2 Å². The van der Waals surface area contributed by atoms with Crippen molar-refractivity contribution in [1.29, 1.82) is 0 Å². The zero-order chi connectivity index (χ0) is 16.9. The fourth-order valence-corrected chi connectivity index (χ4v) is 4.85. The van der Waals surface area contributed by atoms with Crippen LogP contribution in [0.3, 0.4) is 0 Å². The smallest absolute Gasteiger partial charge is 0.241 e. The predicted molar refractivity (Wildman–Crippen MR) is 94.6 cm³/mol. The molecule has 1 aromatic rings. The van der Waals surface area contributed by atoms with Crippen LogP contribution in [0.2, 0.25) is 0 Å². The minimum absolute atomic E-state index is 0.336. The summed E-state index contributed by atoms with van der Waals surface area (Å²) in [5.74, 6) is 0.360. The van der Waals surface area contributed by atoms with Crippen molar-refractivity contribution in [3.63, 3.8) is 0 Å². The van der Waals surface area contributed by atoms with E-state index in [-0.39, 0.29) is 5.91 Å². The van der Waals surface area contributed by atoms with Gasteiger partial charge in [0.1, 0.15) is 0 Å². The fraction of sp³-hybridized carbons (Fsp3) is 0.562. The second kappa shape index (κ2) is 7.68. The van der Waals surface area contributed by atoms with E-state index >= 15 is 0 Å². The molecule has 7 heteroatoms. The van der Waals surface area contributed by atoms with E-state index in [2.05, 4.69) is 22.8 Å². The first-order valence-electron chi connectivity index (χ1n) is 7.73. The van der Waals surface area contributed by atoms with Gasteiger partial charge >= 0.3 is 0 Å². The fourth-order valence-electron chi connectivity index (χ4n) is 2.73. The number of benzene rings is 1. The normalized spacial score (nSPS) is 17.7. The lowest BCUT2D eigenvalue weighted by atomic mass is 9.96. The summed E-state index contributed by atoms with van der Waals surface area (Å²) in [6.45, 7) is 3.61. The Labute approximate surface area is 142 Å². The minimum atomic E-state index is -3.44. The molecule has 0 aromatic heterocycles.